The number of hydrogen-bond acceptors (Lipinski definition) is 5. The second-order valence-corrected chi connectivity index (χ2v) is 6.27. The van der Waals surface area contributed by atoms with Gasteiger partial charge in [-0.3, -0.25) is 4.79 Å². The Bertz CT molecular complexity index is 851. The second-order valence-electron chi connectivity index (χ2n) is 5.86. The van der Waals surface area contributed by atoms with Crippen LogP contribution in [0.4, 0.5) is 5.69 Å². The molecule has 0 saturated carbocycles. The smallest absolute Gasteiger partial charge is 0.341 e. The number of amides is 1. The Morgan fingerprint density at radius 3 is 2.48 bits per heavy atom. The predicted octanol–water partition coefficient (Wildman–Crippen LogP) is 4.16. The molecular weight excluding hydrogens is 370 g/mol. The van der Waals surface area contributed by atoms with Crippen molar-refractivity contribution in [2.45, 2.75) is 20.8 Å². The Labute approximate surface area is 163 Å². The van der Waals surface area contributed by atoms with Gasteiger partial charge in [-0.25, -0.2) is 4.79 Å². The first-order chi connectivity index (χ1) is 12.8. The monoisotopic (exact) mass is 391 g/mol. The van der Waals surface area contributed by atoms with Crippen molar-refractivity contribution >= 4 is 29.2 Å². The van der Waals surface area contributed by atoms with Crippen LogP contribution in [0.1, 0.15) is 28.4 Å². The number of rotatable bonds is 7. The molecule has 0 bridgehead atoms. The molecule has 27 heavy (non-hydrogen) atoms. The summed E-state index contributed by atoms with van der Waals surface area (Å²) < 4.78 is 15.7. The van der Waals surface area contributed by atoms with E-state index in [0.717, 1.165) is 11.1 Å². The molecule has 0 spiro atoms. The summed E-state index contributed by atoms with van der Waals surface area (Å²) >= 11 is 6.19. The first kappa shape index (κ1) is 20.6. The van der Waals surface area contributed by atoms with Gasteiger partial charge in [0.15, 0.2) is 6.61 Å². The van der Waals surface area contributed by atoms with Crippen molar-refractivity contribution in [2.24, 2.45) is 0 Å². The van der Waals surface area contributed by atoms with Crippen LogP contribution in [0, 0.1) is 13.8 Å². The zero-order valence-electron chi connectivity index (χ0n) is 15.7. The molecule has 6 nitrogen and oxygen atoms in total. The highest BCUT2D eigenvalue weighted by Crippen LogP contribution is 2.31. The molecule has 0 aliphatic rings. The highest BCUT2D eigenvalue weighted by molar-refractivity contribution is 6.34. The zero-order valence-corrected chi connectivity index (χ0v) is 16.5. The third-order valence-corrected chi connectivity index (χ3v) is 4.06. The number of methoxy groups -OCH3 is 1. The van der Waals surface area contributed by atoms with Crippen molar-refractivity contribution in [1.29, 1.82) is 0 Å². The van der Waals surface area contributed by atoms with E-state index in [2.05, 4.69) is 5.32 Å². The van der Waals surface area contributed by atoms with Crippen molar-refractivity contribution in [3.8, 4) is 11.5 Å². The number of anilines is 1. The Morgan fingerprint density at radius 1 is 1.11 bits per heavy atom. The molecule has 0 fully saturated rings. The summed E-state index contributed by atoms with van der Waals surface area (Å²) in [4.78, 5) is 24.2. The fourth-order valence-corrected chi connectivity index (χ4v) is 2.69. The molecule has 0 aliphatic carbocycles. The minimum Gasteiger partial charge on any atom is -0.496 e. The van der Waals surface area contributed by atoms with Crippen LogP contribution < -0.4 is 14.8 Å². The summed E-state index contributed by atoms with van der Waals surface area (Å²) in [5, 5.41) is 2.85. The van der Waals surface area contributed by atoms with Crippen LogP contribution in [0.3, 0.4) is 0 Å². The minimum atomic E-state index is -0.549. The van der Waals surface area contributed by atoms with Crippen LogP contribution >= 0.6 is 11.6 Å². The van der Waals surface area contributed by atoms with Gasteiger partial charge in [-0.05, 0) is 38.5 Å². The van der Waals surface area contributed by atoms with Gasteiger partial charge in [-0.2, -0.15) is 0 Å². The van der Waals surface area contributed by atoms with Crippen LogP contribution in [-0.2, 0) is 9.53 Å². The molecule has 0 radical (unpaired) electrons. The second kappa shape index (κ2) is 9.28. The maximum Gasteiger partial charge on any atom is 0.341 e. The number of carbonyl (C=O) groups excluding carboxylic acids is 2. The van der Waals surface area contributed by atoms with Gasteiger partial charge in [-0.15, -0.1) is 0 Å². The van der Waals surface area contributed by atoms with E-state index < -0.39 is 5.97 Å². The van der Waals surface area contributed by atoms with Crippen molar-refractivity contribution < 1.29 is 23.8 Å². The van der Waals surface area contributed by atoms with Crippen LogP contribution in [-0.4, -0.2) is 32.2 Å². The minimum absolute atomic E-state index is 0.178. The lowest BCUT2D eigenvalue weighted by molar-refractivity contribution is -0.118. The van der Waals surface area contributed by atoms with Crippen LogP contribution in [0.25, 0.3) is 0 Å². The maximum absolute atomic E-state index is 12.2. The summed E-state index contributed by atoms with van der Waals surface area (Å²) in [5.41, 5.74) is 2.57. The molecular formula is C20H22ClNO5. The molecule has 0 aliphatic heterocycles. The topological polar surface area (TPSA) is 73.9 Å². The lowest BCUT2D eigenvalue weighted by atomic mass is 10.1. The van der Waals surface area contributed by atoms with E-state index in [1.807, 2.05) is 32.0 Å². The molecule has 7 heteroatoms. The quantitative estimate of drug-likeness (QED) is 0.717. The van der Waals surface area contributed by atoms with Gasteiger partial charge in [-0.1, -0.05) is 29.3 Å². The first-order valence-corrected chi connectivity index (χ1v) is 8.78. The maximum atomic E-state index is 12.2. The third kappa shape index (κ3) is 5.37. The molecule has 144 valence electrons. The molecule has 1 N–H and O–H groups in total. The van der Waals surface area contributed by atoms with Crippen LogP contribution in [0.2, 0.25) is 5.02 Å². The fourth-order valence-electron chi connectivity index (χ4n) is 2.48. The molecule has 2 aromatic carbocycles. The number of ether oxygens (including phenoxy) is 3. The van der Waals surface area contributed by atoms with E-state index in [0.29, 0.717) is 11.4 Å². The Morgan fingerprint density at radius 2 is 1.85 bits per heavy atom. The van der Waals surface area contributed by atoms with Gasteiger partial charge >= 0.3 is 5.97 Å². The molecule has 0 unspecified atom stereocenters. The van der Waals surface area contributed by atoms with Gasteiger partial charge in [0.2, 0.25) is 0 Å². The van der Waals surface area contributed by atoms with Crippen LogP contribution in [0.5, 0.6) is 11.5 Å². The van der Waals surface area contributed by atoms with Crippen LogP contribution in [0.15, 0.2) is 30.3 Å². The highest BCUT2D eigenvalue weighted by Gasteiger charge is 2.18. The van der Waals surface area contributed by atoms with Crippen molar-refractivity contribution in [1.82, 2.24) is 0 Å². The van der Waals surface area contributed by atoms with Crippen molar-refractivity contribution in [2.75, 3.05) is 25.6 Å². The van der Waals surface area contributed by atoms with E-state index in [1.54, 1.807) is 6.92 Å². The Kier molecular flexibility index (Phi) is 7.07. The van der Waals surface area contributed by atoms with E-state index in [1.165, 1.54) is 19.2 Å². The summed E-state index contributed by atoms with van der Waals surface area (Å²) in [6.45, 7) is 5.65. The van der Waals surface area contributed by atoms with Gasteiger partial charge in [0, 0.05) is 6.07 Å². The predicted molar refractivity (Wildman–Crippen MR) is 104 cm³/mol. The number of nitrogens with one attached hydrogen (secondary N) is 1. The summed E-state index contributed by atoms with van der Waals surface area (Å²) in [5.74, 6) is -0.0457. The van der Waals surface area contributed by atoms with Gasteiger partial charge in [0.05, 0.1) is 24.4 Å². The normalized spacial score (nSPS) is 10.3. The summed E-state index contributed by atoms with van der Waals surface area (Å²) in [6.07, 6.45) is 0. The summed E-state index contributed by atoms with van der Waals surface area (Å²) in [6, 6.07) is 8.59. The average Bonchev–Trinajstić information content (AvgIpc) is 2.62. The largest absolute Gasteiger partial charge is 0.496 e. The van der Waals surface area contributed by atoms with E-state index >= 15 is 0 Å². The molecule has 0 atom stereocenters. The Balaban J connectivity index is 2.09. The van der Waals surface area contributed by atoms with Crippen molar-refractivity contribution in [3.63, 3.8) is 0 Å². The zero-order chi connectivity index (χ0) is 20.0. The SMILES string of the molecule is CCOC(=O)c1cc(Cl)c(NC(=O)COc2ccc(C)cc2C)cc1OC. The molecule has 2 rings (SSSR count). The van der Waals surface area contributed by atoms with E-state index in [4.69, 9.17) is 25.8 Å². The number of esters is 1. The standard InChI is InChI=1S/C20H22ClNO5/c1-5-26-20(24)14-9-15(21)16(10-18(14)25-4)22-19(23)11-27-17-7-6-12(2)8-13(17)3/h6-10H,5,11H2,1-4H3,(H,22,23). The van der Waals surface area contributed by atoms with Gasteiger partial charge in [0.1, 0.15) is 17.1 Å². The number of benzene rings is 2. The van der Waals surface area contributed by atoms with Gasteiger partial charge < -0.3 is 19.5 Å². The lowest BCUT2D eigenvalue weighted by Gasteiger charge is -2.14. The number of aryl methyl sites for hydroxylation is 2. The van der Waals surface area contributed by atoms with E-state index in [-0.39, 0.29) is 35.5 Å². The number of halogens is 1. The Hall–Kier alpha value is -2.73. The fraction of sp³-hybridized carbons (Fsp3) is 0.300. The summed E-state index contributed by atoms with van der Waals surface area (Å²) in [7, 11) is 1.42. The van der Waals surface area contributed by atoms with E-state index in [9.17, 15) is 9.59 Å². The molecule has 0 heterocycles. The number of hydrogen-bond donors (Lipinski definition) is 1. The molecule has 0 aromatic heterocycles. The van der Waals surface area contributed by atoms with Crippen molar-refractivity contribution in [3.05, 3.63) is 52.0 Å². The lowest BCUT2D eigenvalue weighted by Crippen LogP contribution is -2.21. The highest BCUT2D eigenvalue weighted by atomic mass is 35.5. The molecule has 2 aromatic rings. The number of carbonyl (C=O) groups is 2. The average molecular weight is 392 g/mol. The molecule has 0 saturated heterocycles. The first-order valence-electron chi connectivity index (χ1n) is 8.40. The van der Waals surface area contributed by atoms with Gasteiger partial charge in [0.25, 0.3) is 5.91 Å². The molecule has 1 amide bonds. The third-order valence-electron chi connectivity index (χ3n) is 3.75.